The van der Waals surface area contributed by atoms with E-state index in [1.807, 2.05) is 35.2 Å². The third-order valence-corrected chi connectivity index (χ3v) is 8.21. The van der Waals surface area contributed by atoms with Crippen molar-refractivity contribution in [3.63, 3.8) is 0 Å². The number of nitrogens with one attached hydrogen (secondary N) is 2. The van der Waals surface area contributed by atoms with Crippen LogP contribution in [0.2, 0.25) is 0 Å². The van der Waals surface area contributed by atoms with Gasteiger partial charge in [-0.05, 0) is 57.6 Å². The minimum atomic E-state index is -0.950. The molecule has 5 atom stereocenters. The number of carbonyl (C=O) groups is 3. The Balaban J connectivity index is 1.68. The fourth-order valence-corrected chi connectivity index (χ4v) is 5.83. The van der Waals surface area contributed by atoms with Gasteiger partial charge in [-0.25, -0.2) is 4.39 Å². The average molecular weight is 533 g/mol. The summed E-state index contributed by atoms with van der Waals surface area (Å²) in [7, 11) is 0. The molecule has 9 heteroatoms. The summed E-state index contributed by atoms with van der Waals surface area (Å²) in [5.74, 6) is -0.981. The van der Waals surface area contributed by atoms with Crippen LogP contribution >= 0.6 is 0 Å². The summed E-state index contributed by atoms with van der Waals surface area (Å²) in [6.45, 7) is 7.01. The lowest BCUT2D eigenvalue weighted by Gasteiger charge is -2.34. The first-order valence-electron chi connectivity index (χ1n) is 14.2. The molecule has 0 bridgehead atoms. The molecule has 3 rings (SSSR count). The molecule has 3 amide bonds. The fraction of sp³-hybridized carbons (Fsp3) is 0.690. The van der Waals surface area contributed by atoms with Gasteiger partial charge in [0.05, 0.1) is 12.1 Å². The maximum absolute atomic E-state index is 13.5. The number of amides is 3. The van der Waals surface area contributed by atoms with E-state index in [1.54, 1.807) is 18.7 Å². The van der Waals surface area contributed by atoms with Crippen molar-refractivity contribution in [1.82, 2.24) is 20.4 Å². The molecular weight excluding hydrogens is 487 g/mol. The SMILES string of the molecule is CCCCNC(=O)[C@H](C)C[C@H](O)[C@H](Cc1ccccc1)NC(=O)[C@H](C)N1CC[C@@]2(CCCN2CCF)C1=O. The average Bonchev–Trinajstić information content (AvgIpc) is 3.47. The summed E-state index contributed by atoms with van der Waals surface area (Å²) in [6.07, 6.45) is 3.64. The number of likely N-dealkylation sites (tertiary alicyclic amines) is 2. The molecule has 212 valence electrons. The van der Waals surface area contributed by atoms with Gasteiger partial charge in [-0.15, -0.1) is 0 Å². The van der Waals surface area contributed by atoms with E-state index < -0.39 is 36.3 Å². The Morgan fingerprint density at radius 2 is 1.87 bits per heavy atom. The van der Waals surface area contributed by atoms with Gasteiger partial charge in [0.2, 0.25) is 17.7 Å². The second-order valence-electron chi connectivity index (χ2n) is 10.9. The zero-order chi connectivity index (χ0) is 27.7. The molecule has 0 aliphatic carbocycles. The van der Waals surface area contributed by atoms with Crippen molar-refractivity contribution in [1.29, 1.82) is 0 Å². The third kappa shape index (κ3) is 7.11. The Morgan fingerprint density at radius 1 is 1.13 bits per heavy atom. The molecular formula is C29H45FN4O4. The monoisotopic (exact) mass is 532 g/mol. The van der Waals surface area contributed by atoms with Crippen LogP contribution in [0.1, 0.15) is 64.9 Å². The number of benzene rings is 1. The van der Waals surface area contributed by atoms with Gasteiger partial charge in [0, 0.05) is 25.6 Å². The van der Waals surface area contributed by atoms with Crippen LogP contribution < -0.4 is 10.6 Å². The van der Waals surface area contributed by atoms with Crippen molar-refractivity contribution in [2.75, 3.05) is 32.9 Å². The maximum Gasteiger partial charge on any atom is 0.243 e. The number of rotatable bonds is 14. The second kappa shape index (κ2) is 14.0. The summed E-state index contributed by atoms with van der Waals surface area (Å²) in [6, 6.07) is 8.23. The molecule has 0 unspecified atom stereocenters. The first-order valence-corrected chi connectivity index (χ1v) is 14.2. The topological polar surface area (TPSA) is 102 Å². The quantitative estimate of drug-likeness (QED) is 0.320. The van der Waals surface area contributed by atoms with E-state index in [2.05, 4.69) is 17.6 Å². The summed E-state index contributed by atoms with van der Waals surface area (Å²) in [4.78, 5) is 42.9. The van der Waals surface area contributed by atoms with Gasteiger partial charge in [0.1, 0.15) is 18.3 Å². The number of hydrogen-bond acceptors (Lipinski definition) is 5. The molecule has 1 spiro atoms. The van der Waals surface area contributed by atoms with Crippen molar-refractivity contribution >= 4 is 17.7 Å². The molecule has 0 aromatic heterocycles. The lowest BCUT2D eigenvalue weighted by Crippen LogP contribution is -2.56. The van der Waals surface area contributed by atoms with Crippen LogP contribution in [0.5, 0.6) is 0 Å². The van der Waals surface area contributed by atoms with E-state index >= 15 is 0 Å². The molecule has 1 aromatic rings. The molecule has 0 saturated carbocycles. The number of carbonyl (C=O) groups excluding carboxylic acids is 3. The normalized spacial score (nSPS) is 22.9. The Morgan fingerprint density at radius 3 is 2.55 bits per heavy atom. The lowest BCUT2D eigenvalue weighted by molar-refractivity contribution is -0.143. The molecule has 2 aliphatic heterocycles. The van der Waals surface area contributed by atoms with Gasteiger partial charge in [0.25, 0.3) is 0 Å². The Bertz CT molecular complexity index is 932. The molecule has 38 heavy (non-hydrogen) atoms. The minimum absolute atomic E-state index is 0.108. The Hall–Kier alpha value is -2.52. The maximum atomic E-state index is 13.5. The van der Waals surface area contributed by atoms with Crippen LogP contribution in [0.3, 0.4) is 0 Å². The molecule has 1 aromatic carbocycles. The number of halogens is 1. The number of hydrogen-bond donors (Lipinski definition) is 3. The van der Waals surface area contributed by atoms with E-state index in [-0.39, 0.29) is 30.7 Å². The highest BCUT2D eigenvalue weighted by Gasteiger charge is 2.54. The number of aliphatic hydroxyl groups excluding tert-OH is 1. The van der Waals surface area contributed by atoms with Gasteiger partial charge in [-0.1, -0.05) is 50.6 Å². The summed E-state index contributed by atoms with van der Waals surface area (Å²) in [5, 5.41) is 17.0. The molecule has 3 N–H and O–H groups in total. The Labute approximate surface area is 226 Å². The minimum Gasteiger partial charge on any atom is -0.391 e. The van der Waals surface area contributed by atoms with E-state index in [0.29, 0.717) is 38.9 Å². The molecule has 2 heterocycles. The van der Waals surface area contributed by atoms with E-state index in [4.69, 9.17) is 0 Å². The highest BCUT2D eigenvalue weighted by atomic mass is 19.1. The first-order chi connectivity index (χ1) is 18.2. The largest absolute Gasteiger partial charge is 0.391 e. The van der Waals surface area contributed by atoms with Crippen LogP contribution in [0, 0.1) is 5.92 Å². The number of alkyl halides is 1. The van der Waals surface area contributed by atoms with Crippen molar-refractivity contribution in [3.05, 3.63) is 35.9 Å². The highest BCUT2D eigenvalue weighted by molar-refractivity contribution is 5.94. The zero-order valence-corrected chi connectivity index (χ0v) is 23.1. The van der Waals surface area contributed by atoms with Crippen molar-refractivity contribution < 1.29 is 23.9 Å². The van der Waals surface area contributed by atoms with Crippen LogP contribution in [-0.2, 0) is 20.8 Å². The number of aliphatic hydroxyl groups is 1. The number of unbranched alkanes of at least 4 members (excludes halogenated alkanes) is 1. The molecule has 8 nitrogen and oxygen atoms in total. The van der Waals surface area contributed by atoms with Gasteiger partial charge in [0.15, 0.2) is 0 Å². The van der Waals surface area contributed by atoms with Gasteiger partial charge < -0.3 is 20.6 Å². The smallest absolute Gasteiger partial charge is 0.243 e. The first kappa shape index (κ1) is 30.0. The van der Waals surface area contributed by atoms with Gasteiger partial charge >= 0.3 is 0 Å². The molecule has 2 fully saturated rings. The number of nitrogens with zero attached hydrogens (tertiary/aromatic N) is 2. The molecule has 2 aliphatic rings. The summed E-state index contributed by atoms with van der Waals surface area (Å²) >= 11 is 0. The van der Waals surface area contributed by atoms with Gasteiger partial charge in [-0.2, -0.15) is 0 Å². The van der Waals surface area contributed by atoms with E-state index in [0.717, 1.165) is 24.8 Å². The lowest BCUT2D eigenvalue weighted by atomic mass is 9.93. The molecule has 0 radical (unpaired) electrons. The fourth-order valence-electron chi connectivity index (χ4n) is 5.83. The molecule has 2 saturated heterocycles. The third-order valence-electron chi connectivity index (χ3n) is 8.21. The Kier molecular flexibility index (Phi) is 11.1. The van der Waals surface area contributed by atoms with E-state index in [1.165, 1.54) is 0 Å². The highest BCUT2D eigenvalue weighted by Crippen LogP contribution is 2.39. The predicted molar refractivity (Wildman–Crippen MR) is 145 cm³/mol. The van der Waals surface area contributed by atoms with Crippen LogP contribution in [-0.4, -0.2) is 89.2 Å². The zero-order valence-electron chi connectivity index (χ0n) is 23.1. The van der Waals surface area contributed by atoms with Crippen molar-refractivity contribution in [2.24, 2.45) is 5.92 Å². The second-order valence-corrected chi connectivity index (χ2v) is 10.9. The van der Waals surface area contributed by atoms with E-state index in [9.17, 15) is 23.9 Å². The standard InChI is InChI=1S/C29H45FN4O4/c1-4-5-15-31-26(36)21(2)19-25(35)24(20-23-10-7-6-8-11-23)32-27(37)22(3)34-17-13-29(28(34)38)12-9-16-33(29)18-14-30/h6-8,10-11,21-22,24-25,35H,4-5,9,12-20H2,1-3H3,(H,31,36)(H,32,37)/t21-,22+,24+,25+,29+/m1/s1. The summed E-state index contributed by atoms with van der Waals surface area (Å²) < 4.78 is 13.1. The van der Waals surface area contributed by atoms with Crippen LogP contribution in [0.25, 0.3) is 0 Å². The van der Waals surface area contributed by atoms with Crippen LogP contribution in [0.4, 0.5) is 4.39 Å². The van der Waals surface area contributed by atoms with Crippen LogP contribution in [0.15, 0.2) is 30.3 Å². The van der Waals surface area contributed by atoms with Gasteiger partial charge in [-0.3, -0.25) is 19.3 Å². The summed E-state index contributed by atoms with van der Waals surface area (Å²) in [5.41, 5.74) is 0.248. The van der Waals surface area contributed by atoms with Crippen molar-refractivity contribution in [3.8, 4) is 0 Å². The van der Waals surface area contributed by atoms with Crippen molar-refractivity contribution in [2.45, 2.75) is 89.4 Å². The predicted octanol–water partition coefficient (Wildman–Crippen LogP) is 2.44.